The molecule has 0 aromatic carbocycles. The predicted molar refractivity (Wildman–Crippen MR) is 90.7 cm³/mol. The number of rotatable bonds is 3. The third kappa shape index (κ3) is 4.54. The summed E-state index contributed by atoms with van der Waals surface area (Å²) in [4.78, 5) is 20.5. The average Bonchev–Trinajstić information content (AvgIpc) is 2.90. The number of fused-ring (bicyclic) bond motifs is 1. The minimum absolute atomic E-state index is 0. The topological polar surface area (TPSA) is 106 Å². The third-order valence-corrected chi connectivity index (χ3v) is 4.00. The first-order valence-electron chi connectivity index (χ1n) is 7.12. The van der Waals surface area contributed by atoms with E-state index in [1.807, 2.05) is 16.8 Å². The van der Waals surface area contributed by atoms with Crippen LogP contribution in [-0.2, 0) is 11.3 Å². The molecule has 128 valence electrons. The van der Waals surface area contributed by atoms with Crippen LogP contribution in [0.15, 0.2) is 24.8 Å². The molecular formula is C14H21Cl2N5O2. The zero-order chi connectivity index (χ0) is 14.8. The van der Waals surface area contributed by atoms with E-state index in [1.165, 1.54) is 0 Å². The number of halogens is 2. The lowest BCUT2D eigenvalue weighted by atomic mass is 9.84. The Labute approximate surface area is 146 Å². The molecule has 4 N–H and O–H groups in total. The van der Waals surface area contributed by atoms with Gasteiger partial charge >= 0.3 is 0 Å². The second-order valence-electron chi connectivity index (χ2n) is 5.53. The number of aromatic nitrogens is 3. The maximum absolute atomic E-state index is 12.1. The minimum atomic E-state index is -0.587. The van der Waals surface area contributed by atoms with Gasteiger partial charge < -0.3 is 20.6 Å². The fourth-order valence-corrected chi connectivity index (χ4v) is 2.71. The Kier molecular flexibility index (Phi) is 7.21. The van der Waals surface area contributed by atoms with Crippen molar-refractivity contribution in [3.63, 3.8) is 0 Å². The van der Waals surface area contributed by atoms with Gasteiger partial charge in [-0.05, 0) is 19.3 Å². The first-order valence-corrected chi connectivity index (χ1v) is 7.12. The van der Waals surface area contributed by atoms with Gasteiger partial charge in [-0.15, -0.1) is 24.8 Å². The molecule has 0 aliphatic heterocycles. The molecule has 3 atom stereocenters. The summed E-state index contributed by atoms with van der Waals surface area (Å²) in [5.41, 5.74) is 7.28. The van der Waals surface area contributed by atoms with Gasteiger partial charge in [0.25, 0.3) is 0 Å². The van der Waals surface area contributed by atoms with Gasteiger partial charge in [0.2, 0.25) is 5.91 Å². The van der Waals surface area contributed by atoms with Crippen molar-refractivity contribution in [2.24, 2.45) is 11.7 Å². The molecule has 2 aromatic rings. The minimum Gasteiger partial charge on any atom is -0.391 e. The highest BCUT2D eigenvalue weighted by Gasteiger charge is 2.30. The van der Waals surface area contributed by atoms with Gasteiger partial charge in [-0.25, -0.2) is 4.98 Å². The Morgan fingerprint density at radius 1 is 1.43 bits per heavy atom. The first kappa shape index (κ1) is 19.6. The molecule has 7 nitrogen and oxygen atoms in total. The molecule has 0 unspecified atom stereocenters. The Morgan fingerprint density at radius 3 is 2.91 bits per heavy atom. The van der Waals surface area contributed by atoms with Crippen molar-refractivity contribution in [1.82, 2.24) is 19.7 Å². The van der Waals surface area contributed by atoms with Gasteiger partial charge in [0.15, 0.2) is 5.65 Å². The first-order chi connectivity index (χ1) is 10.1. The molecule has 2 heterocycles. The van der Waals surface area contributed by atoms with Gasteiger partial charge in [0, 0.05) is 30.6 Å². The Morgan fingerprint density at radius 2 is 2.22 bits per heavy atom. The smallest absolute Gasteiger partial charge is 0.223 e. The van der Waals surface area contributed by atoms with Crippen LogP contribution >= 0.6 is 24.8 Å². The number of carbonyl (C=O) groups is 1. The Hall–Kier alpha value is -1.41. The standard InChI is InChI=1S/C14H19N5O2.2ClH/c15-11-2-1-9(5-12(11)20)14(21)17-6-10-8-19-4-3-16-7-13(19)18-10;;/h3-4,7-9,11-12,20H,1-2,5-6,15H2,(H,17,21);2*1H/t9-,11+,12+;;/m0../s1. The van der Waals surface area contributed by atoms with Gasteiger partial charge in [0.1, 0.15) is 0 Å². The van der Waals surface area contributed by atoms with E-state index in [1.54, 1.807) is 12.4 Å². The number of nitrogens with one attached hydrogen (secondary N) is 1. The summed E-state index contributed by atoms with van der Waals surface area (Å²) < 4.78 is 1.86. The Bertz CT molecular complexity index is 618. The number of carbonyl (C=O) groups excluding carboxylic acids is 1. The second-order valence-corrected chi connectivity index (χ2v) is 5.53. The maximum Gasteiger partial charge on any atom is 0.223 e. The molecule has 1 aliphatic carbocycles. The monoisotopic (exact) mass is 361 g/mol. The van der Waals surface area contributed by atoms with Crippen molar-refractivity contribution in [2.45, 2.75) is 38.0 Å². The normalized spacial score (nSPS) is 23.7. The van der Waals surface area contributed by atoms with E-state index in [-0.39, 0.29) is 42.7 Å². The summed E-state index contributed by atoms with van der Waals surface area (Å²) in [6, 6.07) is -0.208. The van der Waals surface area contributed by atoms with E-state index in [9.17, 15) is 9.90 Å². The lowest BCUT2D eigenvalue weighted by molar-refractivity contribution is -0.127. The molecular weight excluding hydrogens is 341 g/mol. The average molecular weight is 362 g/mol. The highest BCUT2D eigenvalue weighted by atomic mass is 35.5. The zero-order valence-electron chi connectivity index (χ0n) is 12.5. The number of hydrogen-bond acceptors (Lipinski definition) is 5. The number of aliphatic hydroxyl groups is 1. The van der Waals surface area contributed by atoms with Crippen LogP contribution < -0.4 is 11.1 Å². The molecule has 23 heavy (non-hydrogen) atoms. The molecule has 1 saturated carbocycles. The van der Waals surface area contributed by atoms with E-state index >= 15 is 0 Å². The summed E-state index contributed by atoms with van der Waals surface area (Å²) in [5.74, 6) is -0.213. The van der Waals surface area contributed by atoms with E-state index < -0.39 is 6.10 Å². The number of amides is 1. The highest BCUT2D eigenvalue weighted by molar-refractivity contribution is 5.85. The lowest BCUT2D eigenvalue weighted by Gasteiger charge is -2.29. The van der Waals surface area contributed by atoms with Crippen molar-refractivity contribution >= 4 is 36.4 Å². The van der Waals surface area contributed by atoms with Crippen molar-refractivity contribution in [3.8, 4) is 0 Å². The predicted octanol–water partition coefficient (Wildman–Crippen LogP) is 0.677. The molecule has 0 bridgehead atoms. The number of hydrogen-bond donors (Lipinski definition) is 3. The molecule has 1 aliphatic rings. The molecule has 1 fully saturated rings. The van der Waals surface area contributed by atoms with E-state index in [4.69, 9.17) is 5.73 Å². The van der Waals surface area contributed by atoms with Crippen LogP contribution in [0.3, 0.4) is 0 Å². The van der Waals surface area contributed by atoms with E-state index in [2.05, 4.69) is 15.3 Å². The summed E-state index contributed by atoms with van der Waals surface area (Å²) in [5, 5.41) is 12.6. The van der Waals surface area contributed by atoms with Crippen LogP contribution in [0.4, 0.5) is 0 Å². The van der Waals surface area contributed by atoms with Crippen molar-refractivity contribution in [3.05, 3.63) is 30.5 Å². The highest BCUT2D eigenvalue weighted by Crippen LogP contribution is 2.23. The quantitative estimate of drug-likeness (QED) is 0.745. The van der Waals surface area contributed by atoms with Crippen LogP contribution in [0.25, 0.3) is 5.65 Å². The Balaban J connectivity index is 0.00000132. The molecule has 1 amide bonds. The lowest BCUT2D eigenvalue weighted by Crippen LogP contribution is -2.44. The number of imidazole rings is 1. The SMILES string of the molecule is Cl.Cl.N[C@@H]1CC[C@H](C(=O)NCc2cn3ccncc3n2)C[C@H]1O. The maximum atomic E-state index is 12.1. The third-order valence-electron chi connectivity index (χ3n) is 4.00. The van der Waals surface area contributed by atoms with Gasteiger partial charge in [-0.3, -0.25) is 9.78 Å². The largest absolute Gasteiger partial charge is 0.391 e. The summed E-state index contributed by atoms with van der Waals surface area (Å²) in [6.07, 6.45) is 8.28. The van der Waals surface area contributed by atoms with Crippen molar-refractivity contribution < 1.29 is 9.90 Å². The van der Waals surface area contributed by atoms with E-state index in [0.29, 0.717) is 19.4 Å². The summed E-state index contributed by atoms with van der Waals surface area (Å²) >= 11 is 0. The zero-order valence-corrected chi connectivity index (χ0v) is 14.1. The molecule has 0 saturated heterocycles. The van der Waals surface area contributed by atoms with Crippen LogP contribution in [0, 0.1) is 5.92 Å². The van der Waals surface area contributed by atoms with Gasteiger partial charge in [-0.1, -0.05) is 0 Å². The van der Waals surface area contributed by atoms with Gasteiger partial charge in [-0.2, -0.15) is 0 Å². The molecule has 9 heteroatoms. The van der Waals surface area contributed by atoms with Crippen LogP contribution in [0.1, 0.15) is 25.0 Å². The van der Waals surface area contributed by atoms with Gasteiger partial charge in [0.05, 0.1) is 24.5 Å². The summed E-state index contributed by atoms with van der Waals surface area (Å²) in [7, 11) is 0. The fraction of sp³-hybridized carbons (Fsp3) is 0.500. The number of aliphatic hydroxyl groups excluding tert-OH is 1. The van der Waals surface area contributed by atoms with Crippen LogP contribution in [0.2, 0.25) is 0 Å². The number of nitrogens with two attached hydrogens (primary N) is 1. The number of nitrogens with zero attached hydrogens (tertiary/aromatic N) is 3. The molecule has 2 aromatic heterocycles. The van der Waals surface area contributed by atoms with Crippen molar-refractivity contribution in [2.75, 3.05) is 0 Å². The molecule has 0 spiro atoms. The van der Waals surface area contributed by atoms with Crippen LogP contribution in [0.5, 0.6) is 0 Å². The molecule has 0 radical (unpaired) electrons. The van der Waals surface area contributed by atoms with Crippen molar-refractivity contribution in [1.29, 1.82) is 0 Å². The fourth-order valence-electron chi connectivity index (χ4n) is 2.71. The second kappa shape index (κ2) is 8.44. The summed E-state index contributed by atoms with van der Waals surface area (Å²) in [6.45, 7) is 0.374. The van der Waals surface area contributed by atoms with E-state index in [0.717, 1.165) is 17.8 Å². The van der Waals surface area contributed by atoms with Crippen LogP contribution in [-0.4, -0.2) is 37.5 Å². The molecule has 3 rings (SSSR count).